The fourth-order valence-corrected chi connectivity index (χ4v) is 3.62. The van der Waals surface area contributed by atoms with Gasteiger partial charge in [0.1, 0.15) is 0 Å². The van der Waals surface area contributed by atoms with Crippen LogP contribution >= 0.6 is 0 Å². The Morgan fingerprint density at radius 2 is 2.00 bits per heavy atom. The molecule has 4 rings (SSSR count). The number of pyridine rings is 1. The van der Waals surface area contributed by atoms with Gasteiger partial charge in [-0.15, -0.1) is 0 Å². The van der Waals surface area contributed by atoms with E-state index >= 15 is 0 Å². The van der Waals surface area contributed by atoms with Crippen molar-refractivity contribution in [2.24, 2.45) is 0 Å². The molecule has 0 spiro atoms. The van der Waals surface area contributed by atoms with E-state index in [4.69, 9.17) is 10.4 Å². The summed E-state index contributed by atoms with van der Waals surface area (Å²) in [6, 6.07) is 7.83. The summed E-state index contributed by atoms with van der Waals surface area (Å²) >= 11 is 0. The van der Waals surface area contributed by atoms with Crippen LogP contribution in [0.2, 0.25) is 0 Å². The van der Waals surface area contributed by atoms with Crippen molar-refractivity contribution in [1.82, 2.24) is 25.2 Å². The van der Waals surface area contributed by atoms with Crippen molar-refractivity contribution < 1.29 is 4.79 Å². The molecule has 1 aromatic carbocycles. The van der Waals surface area contributed by atoms with E-state index in [1.807, 2.05) is 55.2 Å². The molecule has 1 amide bonds. The summed E-state index contributed by atoms with van der Waals surface area (Å²) in [7, 11) is 0. The third-order valence-electron chi connectivity index (χ3n) is 5.15. The van der Waals surface area contributed by atoms with Crippen molar-refractivity contribution >= 4 is 29.2 Å². The highest BCUT2D eigenvalue weighted by atomic mass is 16.2. The average Bonchev–Trinajstić information content (AvgIpc) is 3.17. The largest absolute Gasteiger partial charge is 0.334 e. The monoisotopic (exact) mass is 388 g/mol. The van der Waals surface area contributed by atoms with Crippen LogP contribution in [0.15, 0.2) is 30.3 Å². The van der Waals surface area contributed by atoms with Gasteiger partial charge >= 0.3 is 0 Å². The number of hydrogen-bond acceptors (Lipinski definition) is 5. The van der Waals surface area contributed by atoms with Crippen molar-refractivity contribution in [2.75, 3.05) is 26.2 Å². The topological polar surface area (TPSA) is 97.8 Å². The van der Waals surface area contributed by atoms with Crippen LogP contribution in [0.5, 0.6) is 0 Å². The van der Waals surface area contributed by atoms with Crippen molar-refractivity contribution in [3.05, 3.63) is 53.0 Å². The Labute approximate surface area is 169 Å². The molecule has 0 bridgehead atoms. The van der Waals surface area contributed by atoms with E-state index in [1.54, 1.807) is 0 Å². The number of allylic oxidation sites excluding steroid dienone is 1. The summed E-state index contributed by atoms with van der Waals surface area (Å²) in [6.45, 7) is 6.92. The molecular formula is C22H24N6O. The van der Waals surface area contributed by atoms with Gasteiger partial charge in [0.15, 0.2) is 5.82 Å². The first kappa shape index (κ1) is 19.0. The molecule has 3 aromatic rings. The molecule has 7 heteroatoms. The summed E-state index contributed by atoms with van der Waals surface area (Å²) in [6.07, 6.45) is 5.17. The number of aromatic nitrogens is 3. The van der Waals surface area contributed by atoms with Crippen LogP contribution in [0.3, 0.4) is 0 Å². The zero-order valence-electron chi connectivity index (χ0n) is 16.6. The zero-order chi connectivity index (χ0) is 20.4. The number of amides is 1. The van der Waals surface area contributed by atoms with E-state index in [1.165, 1.54) is 6.21 Å². The number of aromatic amines is 1. The molecule has 0 saturated carbocycles. The molecule has 0 unspecified atom stereocenters. The molecule has 148 valence electrons. The Bertz CT molecular complexity index is 1110. The predicted molar refractivity (Wildman–Crippen MR) is 115 cm³/mol. The molecule has 3 N–H and O–H groups in total. The number of fused-ring (bicyclic) bond motifs is 1. The van der Waals surface area contributed by atoms with E-state index in [9.17, 15) is 4.79 Å². The number of aryl methyl sites for hydroxylation is 1. The molecule has 1 fully saturated rings. The highest BCUT2D eigenvalue weighted by molar-refractivity contribution is 5.95. The van der Waals surface area contributed by atoms with Gasteiger partial charge in [-0.25, -0.2) is 9.97 Å². The minimum atomic E-state index is -0.0658. The number of carbonyl (C=O) groups is 1. The Kier molecular flexibility index (Phi) is 5.22. The molecule has 1 aliphatic heterocycles. The maximum atomic E-state index is 12.7. The van der Waals surface area contributed by atoms with Crippen LogP contribution in [0.1, 0.15) is 34.4 Å². The Hall–Kier alpha value is -3.32. The number of benzene rings is 1. The number of piperazine rings is 1. The van der Waals surface area contributed by atoms with Crippen molar-refractivity contribution in [3.63, 3.8) is 0 Å². The summed E-state index contributed by atoms with van der Waals surface area (Å²) in [5, 5.41) is 10.9. The second kappa shape index (κ2) is 7.97. The van der Waals surface area contributed by atoms with E-state index in [0.717, 1.165) is 52.2 Å². The molecule has 3 heterocycles. The molecule has 1 saturated heterocycles. The summed E-state index contributed by atoms with van der Waals surface area (Å²) < 4.78 is 0. The minimum absolute atomic E-state index is 0.0658. The Balaban J connectivity index is 1.71. The molecular weight excluding hydrogens is 364 g/mol. The maximum absolute atomic E-state index is 12.7. The first-order chi connectivity index (χ1) is 14.1. The Morgan fingerprint density at radius 3 is 2.72 bits per heavy atom. The van der Waals surface area contributed by atoms with Gasteiger partial charge in [-0.3, -0.25) is 4.79 Å². The molecule has 7 nitrogen and oxygen atoms in total. The smallest absolute Gasteiger partial charge is 0.289 e. The number of nitrogens with one attached hydrogen (secondary N) is 3. The second-order valence-electron chi connectivity index (χ2n) is 7.13. The van der Waals surface area contributed by atoms with Crippen LogP contribution in [-0.4, -0.2) is 58.2 Å². The van der Waals surface area contributed by atoms with Gasteiger partial charge in [0.05, 0.1) is 22.4 Å². The fraction of sp³-hybridized carbons (Fsp3) is 0.273. The normalized spacial score (nSPS) is 14.6. The number of rotatable bonds is 4. The molecule has 0 radical (unpaired) electrons. The molecule has 29 heavy (non-hydrogen) atoms. The van der Waals surface area contributed by atoms with Crippen LogP contribution in [0, 0.1) is 12.3 Å². The third kappa shape index (κ3) is 3.69. The second-order valence-corrected chi connectivity index (χ2v) is 7.13. The van der Waals surface area contributed by atoms with Gasteiger partial charge in [0.2, 0.25) is 0 Å². The van der Waals surface area contributed by atoms with E-state index in [0.29, 0.717) is 18.9 Å². The van der Waals surface area contributed by atoms with Gasteiger partial charge in [-0.1, -0.05) is 12.1 Å². The molecule has 0 atom stereocenters. The van der Waals surface area contributed by atoms with Gasteiger partial charge in [0, 0.05) is 43.5 Å². The lowest BCUT2D eigenvalue weighted by atomic mass is 10.0. The summed E-state index contributed by atoms with van der Waals surface area (Å²) in [5.74, 6) is 0.306. The molecule has 1 aliphatic rings. The van der Waals surface area contributed by atoms with Gasteiger partial charge in [-0.05, 0) is 43.7 Å². The summed E-state index contributed by atoms with van der Waals surface area (Å²) in [5.41, 5.74) is 5.92. The average molecular weight is 388 g/mol. The third-order valence-corrected chi connectivity index (χ3v) is 5.15. The lowest BCUT2D eigenvalue weighted by molar-refractivity contribution is 0.0725. The van der Waals surface area contributed by atoms with Crippen molar-refractivity contribution in [1.29, 1.82) is 5.41 Å². The zero-order valence-corrected chi connectivity index (χ0v) is 16.6. The van der Waals surface area contributed by atoms with E-state index < -0.39 is 0 Å². The number of imidazole rings is 1. The van der Waals surface area contributed by atoms with Gasteiger partial charge in [0.25, 0.3) is 5.91 Å². The highest BCUT2D eigenvalue weighted by Crippen LogP contribution is 2.25. The lowest BCUT2D eigenvalue weighted by Crippen LogP contribution is -2.46. The predicted octanol–water partition coefficient (Wildman–Crippen LogP) is 3.01. The van der Waals surface area contributed by atoms with Crippen LogP contribution in [-0.2, 0) is 0 Å². The number of nitrogens with zero attached hydrogens (tertiary/aromatic N) is 3. The van der Waals surface area contributed by atoms with E-state index in [2.05, 4.69) is 15.3 Å². The number of carbonyl (C=O) groups excluding carboxylic acids is 1. The number of H-pyrrole nitrogens is 1. The van der Waals surface area contributed by atoms with Gasteiger partial charge < -0.3 is 20.6 Å². The standard InChI is InChI=1S/C22H24N6O/c1-3-4-17-16(13-23)14(2)11-19(25-17)15-5-6-18-20(12-15)27-21(26-18)22(29)28-9-7-24-8-10-28/h3-6,11-13,23-24H,7-10H2,1-2H3,(H,26,27)/b4-3-,23-13?. The summed E-state index contributed by atoms with van der Waals surface area (Å²) in [4.78, 5) is 26.9. The molecule has 2 aromatic heterocycles. The fourth-order valence-electron chi connectivity index (χ4n) is 3.62. The Morgan fingerprint density at radius 1 is 1.21 bits per heavy atom. The van der Waals surface area contributed by atoms with Crippen LogP contribution in [0.4, 0.5) is 0 Å². The maximum Gasteiger partial charge on any atom is 0.289 e. The van der Waals surface area contributed by atoms with Crippen molar-refractivity contribution in [2.45, 2.75) is 13.8 Å². The van der Waals surface area contributed by atoms with Crippen molar-refractivity contribution in [3.8, 4) is 11.3 Å². The van der Waals surface area contributed by atoms with E-state index in [-0.39, 0.29) is 5.91 Å². The lowest BCUT2D eigenvalue weighted by Gasteiger charge is -2.26. The quantitative estimate of drug-likeness (QED) is 0.599. The van der Waals surface area contributed by atoms with Crippen LogP contribution < -0.4 is 5.32 Å². The highest BCUT2D eigenvalue weighted by Gasteiger charge is 2.21. The minimum Gasteiger partial charge on any atom is -0.334 e. The first-order valence-corrected chi connectivity index (χ1v) is 9.75. The number of hydrogen-bond donors (Lipinski definition) is 3. The molecule has 0 aliphatic carbocycles. The SMILES string of the molecule is C/C=C\c1nc(-c2ccc3nc(C(=O)N4CCNCC4)[nH]c3c2)cc(C)c1C=N. The van der Waals surface area contributed by atoms with Crippen LogP contribution in [0.25, 0.3) is 28.4 Å². The van der Waals surface area contributed by atoms with Gasteiger partial charge in [-0.2, -0.15) is 0 Å². The first-order valence-electron chi connectivity index (χ1n) is 9.75.